The number of fused-ring (bicyclic) bond motifs is 2. The fourth-order valence-corrected chi connectivity index (χ4v) is 3.51. The molecule has 0 radical (unpaired) electrons. The van der Waals surface area contributed by atoms with Gasteiger partial charge in [0.15, 0.2) is 0 Å². The van der Waals surface area contributed by atoms with Crippen LogP contribution in [0.2, 0.25) is 0 Å². The molecule has 2 heteroatoms. The number of piperidine rings is 1. The molecule has 1 aromatic rings. The molecule has 3 rings (SSSR count). The maximum Gasteiger partial charge on any atom is 0.0477 e. The molecule has 1 saturated heterocycles. The number of nitrogens with zero attached hydrogens (tertiary/aromatic N) is 1. The molecular weight excluding hydrogens is 198 g/mol. The molecule has 1 aliphatic heterocycles. The number of aliphatic hydroxyl groups excluding tert-OH is 1. The number of aliphatic hydroxyl groups is 1. The summed E-state index contributed by atoms with van der Waals surface area (Å²) in [4.78, 5) is 2.56. The molecule has 0 amide bonds. The van der Waals surface area contributed by atoms with Crippen molar-refractivity contribution in [3.05, 3.63) is 35.9 Å². The van der Waals surface area contributed by atoms with Crippen molar-refractivity contribution < 1.29 is 5.11 Å². The lowest BCUT2D eigenvalue weighted by Crippen LogP contribution is -2.33. The van der Waals surface area contributed by atoms with E-state index in [2.05, 4.69) is 35.2 Å². The summed E-state index contributed by atoms with van der Waals surface area (Å²) in [5.41, 5.74) is 1.40. The van der Waals surface area contributed by atoms with Crippen LogP contribution in [0.3, 0.4) is 0 Å². The first kappa shape index (κ1) is 10.3. The fraction of sp³-hybridized carbons (Fsp3) is 0.571. The third-order valence-corrected chi connectivity index (χ3v) is 4.31. The molecule has 3 atom stereocenters. The van der Waals surface area contributed by atoms with E-state index in [1.165, 1.54) is 24.9 Å². The van der Waals surface area contributed by atoms with Gasteiger partial charge in [-0.2, -0.15) is 0 Å². The van der Waals surface area contributed by atoms with Crippen LogP contribution >= 0.6 is 0 Å². The first-order valence-corrected chi connectivity index (χ1v) is 6.27. The molecular formula is C14H19NO. The van der Waals surface area contributed by atoms with Gasteiger partial charge in [-0.25, -0.2) is 0 Å². The van der Waals surface area contributed by atoms with Crippen LogP contribution in [-0.2, 0) is 6.54 Å². The molecule has 0 aromatic heterocycles. The van der Waals surface area contributed by atoms with E-state index in [1.807, 2.05) is 0 Å². The average Bonchev–Trinajstić information content (AvgIpc) is 2.86. The Morgan fingerprint density at radius 1 is 1.19 bits per heavy atom. The van der Waals surface area contributed by atoms with Crippen molar-refractivity contribution in [2.75, 3.05) is 13.2 Å². The highest BCUT2D eigenvalue weighted by atomic mass is 16.3. The summed E-state index contributed by atoms with van der Waals surface area (Å²) in [5, 5.41) is 9.40. The number of rotatable bonds is 3. The molecule has 86 valence electrons. The van der Waals surface area contributed by atoms with Gasteiger partial charge in [-0.15, -0.1) is 0 Å². The zero-order valence-electron chi connectivity index (χ0n) is 9.55. The van der Waals surface area contributed by atoms with E-state index in [4.69, 9.17) is 0 Å². The van der Waals surface area contributed by atoms with Crippen LogP contribution < -0.4 is 0 Å². The number of likely N-dealkylation sites (tertiary alicyclic amines) is 1. The van der Waals surface area contributed by atoms with Gasteiger partial charge in [0.25, 0.3) is 0 Å². The van der Waals surface area contributed by atoms with Gasteiger partial charge in [0.1, 0.15) is 0 Å². The highest BCUT2D eigenvalue weighted by Gasteiger charge is 2.45. The average molecular weight is 217 g/mol. The van der Waals surface area contributed by atoms with Gasteiger partial charge in [-0.1, -0.05) is 30.3 Å². The Hall–Kier alpha value is -0.860. The molecule has 16 heavy (non-hydrogen) atoms. The summed E-state index contributed by atoms with van der Waals surface area (Å²) >= 11 is 0. The van der Waals surface area contributed by atoms with E-state index in [0.717, 1.165) is 12.5 Å². The van der Waals surface area contributed by atoms with Crippen molar-refractivity contribution in [1.82, 2.24) is 4.90 Å². The molecule has 1 saturated carbocycles. The van der Waals surface area contributed by atoms with Crippen LogP contribution in [0.25, 0.3) is 0 Å². The van der Waals surface area contributed by atoms with Gasteiger partial charge < -0.3 is 5.11 Å². The zero-order chi connectivity index (χ0) is 11.0. The van der Waals surface area contributed by atoms with Crippen molar-refractivity contribution in [3.8, 4) is 0 Å². The summed E-state index contributed by atoms with van der Waals surface area (Å²) in [7, 11) is 0. The molecule has 1 aromatic carbocycles. The third kappa shape index (κ3) is 1.66. The van der Waals surface area contributed by atoms with Gasteiger partial charge in [-0.05, 0) is 24.3 Å². The Labute approximate surface area is 96.9 Å². The van der Waals surface area contributed by atoms with Crippen LogP contribution in [0.1, 0.15) is 18.4 Å². The van der Waals surface area contributed by atoms with Gasteiger partial charge in [0.2, 0.25) is 0 Å². The molecule has 2 nitrogen and oxygen atoms in total. The standard InChI is InChI=1S/C14H19NO/c16-10-13-12-6-7-14(13)15(9-12)8-11-4-2-1-3-5-11/h1-5,12-14,16H,6-10H2. The minimum atomic E-state index is 0.376. The van der Waals surface area contributed by atoms with E-state index in [1.54, 1.807) is 0 Å². The molecule has 2 bridgehead atoms. The predicted octanol–water partition coefficient (Wildman–Crippen LogP) is 1.89. The Kier molecular flexibility index (Phi) is 2.70. The number of benzene rings is 1. The Balaban J connectivity index is 1.70. The minimum absolute atomic E-state index is 0.376. The number of hydrogen-bond acceptors (Lipinski definition) is 2. The predicted molar refractivity (Wildman–Crippen MR) is 63.9 cm³/mol. The maximum absolute atomic E-state index is 9.40. The van der Waals surface area contributed by atoms with E-state index in [0.29, 0.717) is 18.6 Å². The topological polar surface area (TPSA) is 23.5 Å². The minimum Gasteiger partial charge on any atom is -0.396 e. The molecule has 1 heterocycles. The van der Waals surface area contributed by atoms with Gasteiger partial charge >= 0.3 is 0 Å². The van der Waals surface area contributed by atoms with E-state index < -0.39 is 0 Å². The third-order valence-electron chi connectivity index (χ3n) is 4.31. The summed E-state index contributed by atoms with van der Waals surface area (Å²) in [5.74, 6) is 1.29. The van der Waals surface area contributed by atoms with Crippen LogP contribution in [0.5, 0.6) is 0 Å². The van der Waals surface area contributed by atoms with Crippen molar-refractivity contribution in [2.24, 2.45) is 11.8 Å². The Morgan fingerprint density at radius 2 is 2.00 bits per heavy atom. The second-order valence-electron chi connectivity index (χ2n) is 5.17. The molecule has 2 aliphatic rings. The summed E-state index contributed by atoms with van der Waals surface area (Å²) in [6.45, 7) is 2.61. The van der Waals surface area contributed by atoms with Crippen molar-refractivity contribution >= 4 is 0 Å². The van der Waals surface area contributed by atoms with Gasteiger partial charge in [0.05, 0.1) is 0 Å². The van der Waals surface area contributed by atoms with Crippen LogP contribution in [0.15, 0.2) is 30.3 Å². The fourth-order valence-electron chi connectivity index (χ4n) is 3.51. The lowest BCUT2D eigenvalue weighted by molar-refractivity contribution is 0.168. The SMILES string of the molecule is OCC1C2CCC1N(Cc1ccccc1)C2. The summed E-state index contributed by atoms with van der Waals surface area (Å²) in [6, 6.07) is 11.3. The second kappa shape index (κ2) is 4.19. The normalized spacial score (nSPS) is 33.4. The van der Waals surface area contributed by atoms with E-state index >= 15 is 0 Å². The smallest absolute Gasteiger partial charge is 0.0477 e. The van der Waals surface area contributed by atoms with E-state index in [-0.39, 0.29) is 0 Å². The lowest BCUT2D eigenvalue weighted by atomic mass is 10.00. The van der Waals surface area contributed by atoms with E-state index in [9.17, 15) is 5.11 Å². The second-order valence-corrected chi connectivity index (χ2v) is 5.17. The highest BCUT2D eigenvalue weighted by Crippen LogP contribution is 2.42. The molecule has 3 unspecified atom stereocenters. The van der Waals surface area contributed by atoms with Gasteiger partial charge in [0, 0.05) is 31.7 Å². The molecule has 1 N–H and O–H groups in total. The highest BCUT2D eigenvalue weighted by molar-refractivity contribution is 5.15. The van der Waals surface area contributed by atoms with Crippen molar-refractivity contribution in [1.29, 1.82) is 0 Å². The van der Waals surface area contributed by atoms with Crippen LogP contribution in [0.4, 0.5) is 0 Å². The quantitative estimate of drug-likeness (QED) is 0.835. The Bertz CT molecular complexity index is 351. The summed E-state index contributed by atoms with van der Waals surface area (Å²) < 4.78 is 0. The van der Waals surface area contributed by atoms with Gasteiger partial charge in [-0.3, -0.25) is 4.90 Å². The number of hydrogen-bond donors (Lipinski definition) is 1. The van der Waals surface area contributed by atoms with Crippen LogP contribution in [0, 0.1) is 11.8 Å². The first-order valence-electron chi connectivity index (χ1n) is 6.27. The molecule has 1 aliphatic carbocycles. The maximum atomic E-state index is 9.40. The van der Waals surface area contributed by atoms with Crippen LogP contribution in [-0.4, -0.2) is 29.2 Å². The monoisotopic (exact) mass is 217 g/mol. The summed E-state index contributed by atoms with van der Waals surface area (Å²) in [6.07, 6.45) is 2.60. The largest absolute Gasteiger partial charge is 0.396 e. The first-order chi connectivity index (χ1) is 7.88. The zero-order valence-corrected chi connectivity index (χ0v) is 9.55. The molecule has 2 fully saturated rings. The van der Waals surface area contributed by atoms with Crippen molar-refractivity contribution in [3.63, 3.8) is 0 Å². The molecule has 0 spiro atoms. The lowest BCUT2D eigenvalue weighted by Gasteiger charge is -2.27. The van der Waals surface area contributed by atoms with Crippen molar-refractivity contribution in [2.45, 2.75) is 25.4 Å². The Morgan fingerprint density at radius 3 is 2.69 bits per heavy atom.